The third-order valence-electron chi connectivity index (χ3n) is 2.97. The molecule has 0 aliphatic rings. The van der Waals surface area contributed by atoms with Gasteiger partial charge in [-0.25, -0.2) is 9.97 Å². The summed E-state index contributed by atoms with van der Waals surface area (Å²) >= 11 is 12.5. The van der Waals surface area contributed by atoms with E-state index in [-0.39, 0.29) is 6.10 Å². The molecule has 1 unspecified atom stereocenters. The molecule has 2 aromatic rings. The minimum absolute atomic E-state index is 0.249. The molecule has 1 atom stereocenters. The number of rotatable bonds is 3. The van der Waals surface area contributed by atoms with Crippen molar-refractivity contribution >= 4 is 23.2 Å². The molecule has 0 saturated heterocycles. The van der Waals surface area contributed by atoms with Gasteiger partial charge in [-0.05, 0) is 25.0 Å². The molecule has 3 nitrogen and oxygen atoms in total. The number of benzene rings is 1. The summed E-state index contributed by atoms with van der Waals surface area (Å²) in [6.07, 6.45) is -0.249. The Morgan fingerprint density at radius 3 is 2.21 bits per heavy atom. The van der Waals surface area contributed by atoms with Crippen LogP contribution < -0.4 is 0 Å². The average Bonchev–Trinajstić information content (AvgIpc) is 2.39. The smallest absolute Gasteiger partial charge is 0.160 e. The molecule has 1 aromatic heterocycles. The molecule has 0 N–H and O–H groups in total. The lowest BCUT2D eigenvalue weighted by molar-refractivity contribution is 0.112. The third-order valence-corrected chi connectivity index (χ3v) is 3.52. The molecule has 0 aliphatic heterocycles. The lowest BCUT2D eigenvalue weighted by Gasteiger charge is -2.13. The van der Waals surface area contributed by atoms with Crippen LogP contribution in [0.4, 0.5) is 0 Å². The summed E-state index contributed by atoms with van der Waals surface area (Å²) in [6.45, 7) is 3.84. The van der Waals surface area contributed by atoms with Crippen LogP contribution in [0.3, 0.4) is 0 Å². The molecule has 0 saturated carbocycles. The quantitative estimate of drug-likeness (QED) is 0.784. The number of ether oxygens (including phenoxy) is 1. The van der Waals surface area contributed by atoms with E-state index in [2.05, 4.69) is 9.97 Å². The number of methoxy groups -OCH3 is 1. The Labute approximate surface area is 122 Å². The summed E-state index contributed by atoms with van der Waals surface area (Å²) in [5.74, 6) is 0.481. The predicted octanol–water partition coefficient (Wildman–Crippen LogP) is 4.47. The highest BCUT2D eigenvalue weighted by molar-refractivity contribution is 6.37. The lowest BCUT2D eigenvalue weighted by Crippen LogP contribution is -2.04. The van der Waals surface area contributed by atoms with Crippen molar-refractivity contribution in [2.45, 2.75) is 20.0 Å². The van der Waals surface area contributed by atoms with Gasteiger partial charge in [0.1, 0.15) is 16.4 Å². The molecular formula is C14H14Cl2N2O. The van der Waals surface area contributed by atoms with E-state index in [1.54, 1.807) is 7.11 Å². The van der Waals surface area contributed by atoms with Crippen LogP contribution in [0.25, 0.3) is 11.1 Å². The highest BCUT2D eigenvalue weighted by atomic mass is 35.5. The summed E-state index contributed by atoms with van der Waals surface area (Å²) in [6, 6.07) is 7.84. The van der Waals surface area contributed by atoms with Crippen LogP contribution in [0.1, 0.15) is 24.4 Å². The van der Waals surface area contributed by atoms with Crippen LogP contribution in [-0.2, 0) is 4.74 Å². The van der Waals surface area contributed by atoms with Crippen molar-refractivity contribution in [1.29, 1.82) is 0 Å². The number of aromatic nitrogens is 2. The maximum absolute atomic E-state index is 6.25. The fourth-order valence-corrected chi connectivity index (χ4v) is 2.39. The second kappa shape index (κ2) is 5.87. The van der Waals surface area contributed by atoms with E-state index in [4.69, 9.17) is 27.9 Å². The number of halogens is 2. The van der Waals surface area contributed by atoms with Crippen LogP contribution in [0.15, 0.2) is 24.3 Å². The maximum atomic E-state index is 6.25. The summed E-state index contributed by atoms with van der Waals surface area (Å²) in [5.41, 5.74) is 2.67. The Hall–Kier alpha value is -1.16. The summed E-state index contributed by atoms with van der Waals surface area (Å²) in [4.78, 5) is 8.53. The summed E-state index contributed by atoms with van der Waals surface area (Å²) < 4.78 is 5.17. The van der Waals surface area contributed by atoms with Crippen molar-refractivity contribution in [1.82, 2.24) is 9.97 Å². The third kappa shape index (κ3) is 2.89. The minimum atomic E-state index is -0.249. The highest BCUT2D eigenvalue weighted by Gasteiger charge is 2.17. The minimum Gasteiger partial charge on any atom is -0.374 e. The van der Waals surface area contributed by atoms with E-state index >= 15 is 0 Å². The first-order valence-corrected chi connectivity index (χ1v) is 6.62. The fourth-order valence-electron chi connectivity index (χ4n) is 1.79. The van der Waals surface area contributed by atoms with E-state index in [9.17, 15) is 0 Å². The van der Waals surface area contributed by atoms with Crippen molar-refractivity contribution in [3.63, 3.8) is 0 Å². The van der Waals surface area contributed by atoms with Gasteiger partial charge in [0.15, 0.2) is 5.82 Å². The first-order chi connectivity index (χ1) is 9.04. The topological polar surface area (TPSA) is 35.0 Å². The summed E-state index contributed by atoms with van der Waals surface area (Å²) in [7, 11) is 1.59. The summed E-state index contributed by atoms with van der Waals surface area (Å²) in [5, 5.41) is 0.682. The second-order valence-electron chi connectivity index (χ2n) is 4.23. The Bertz CT molecular complexity index is 579. The van der Waals surface area contributed by atoms with Crippen LogP contribution in [0.5, 0.6) is 0 Å². The molecule has 100 valence electrons. The zero-order valence-corrected chi connectivity index (χ0v) is 12.5. The van der Waals surface area contributed by atoms with Gasteiger partial charge >= 0.3 is 0 Å². The molecule has 1 aromatic carbocycles. The number of hydrogen-bond donors (Lipinski definition) is 0. The predicted molar refractivity (Wildman–Crippen MR) is 77.6 cm³/mol. The Kier molecular flexibility index (Phi) is 4.40. The van der Waals surface area contributed by atoms with Crippen molar-refractivity contribution < 1.29 is 4.74 Å². The lowest BCUT2D eigenvalue weighted by atomic mass is 10.0. The Morgan fingerprint density at radius 1 is 1.11 bits per heavy atom. The number of nitrogens with zero attached hydrogens (tertiary/aromatic N) is 2. The van der Waals surface area contributed by atoms with E-state index in [0.29, 0.717) is 21.7 Å². The van der Waals surface area contributed by atoms with Gasteiger partial charge in [0.2, 0.25) is 0 Å². The van der Waals surface area contributed by atoms with Crippen molar-refractivity contribution in [3.8, 4) is 11.1 Å². The molecule has 0 radical (unpaired) electrons. The molecule has 0 spiro atoms. The first-order valence-electron chi connectivity index (χ1n) is 5.86. The average molecular weight is 297 g/mol. The number of aryl methyl sites for hydroxylation is 1. The zero-order chi connectivity index (χ0) is 14.0. The van der Waals surface area contributed by atoms with Crippen LogP contribution >= 0.6 is 23.2 Å². The second-order valence-corrected chi connectivity index (χ2v) is 4.95. The van der Waals surface area contributed by atoms with Gasteiger partial charge in [-0.15, -0.1) is 0 Å². The highest BCUT2D eigenvalue weighted by Crippen LogP contribution is 2.35. The van der Waals surface area contributed by atoms with Crippen molar-refractivity contribution in [2.24, 2.45) is 0 Å². The Balaban J connectivity index is 2.58. The van der Waals surface area contributed by atoms with Gasteiger partial charge in [0.25, 0.3) is 0 Å². The normalized spacial score (nSPS) is 12.5. The van der Waals surface area contributed by atoms with Gasteiger partial charge in [0.05, 0.1) is 5.56 Å². The Morgan fingerprint density at radius 2 is 1.68 bits per heavy atom. The standard InChI is InChI=1S/C14H14Cl2N2O/c1-8-6-4-5-7-10(8)11-12(15)17-14(9(2)19-3)18-13(11)16/h4-7,9H,1-3H3. The molecule has 0 amide bonds. The van der Waals surface area contributed by atoms with Crippen molar-refractivity contribution in [2.75, 3.05) is 7.11 Å². The first kappa shape index (κ1) is 14.3. The number of hydrogen-bond acceptors (Lipinski definition) is 3. The molecular weight excluding hydrogens is 283 g/mol. The monoisotopic (exact) mass is 296 g/mol. The molecule has 0 fully saturated rings. The van der Waals surface area contributed by atoms with E-state index in [0.717, 1.165) is 11.1 Å². The largest absolute Gasteiger partial charge is 0.374 e. The molecule has 19 heavy (non-hydrogen) atoms. The van der Waals surface area contributed by atoms with Crippen LogP contribution in [-0.4, -0.2) is 17.1 Å². The van der Waals surface area contributed by atoms with E-state index in [1.807, 2.05) is 38.1 Å². The van der Waals surface area contributed by atoms with E-state index < -0.39 is 0 Å². The maximum Gasteiger partial charge on any atom is 0.160 e. The van der Waals surface area contributed by atoms with Gasteiger partial charge < -0.3 is 4.74 Å². The molecule has 5 heteroatoms. The van der Waals surface area contributed by atoms with Crippen LogP contribution in [0.2, 0.25) is 10.3 Å². The molecule has 2 rings (SSSR count). The van der Waals surface area contributed by atoms with Crippen LogP contribution in [0, 0.1) is 6.92 Å². The molecule has 1 heterocycles. The van der Waals surface area contributed by atoms with Gasteiger partial charge in [-0.3, -0.25) is 0 Å². The SMILES string of the molecule is COC(C)c1nc(Cl)c(-c2ccccc2C)c(Cl)n1. The van der Waals surface area contributed by atoms with Crippen molar-refractivity contribution in [3.05, 3.63) is 46.0 Å². The molecule has 0 aliphatic carbocycles. The fraction of sp³-hybridized carbons (Fsp3) is 0.286. The van der Waals surface area contributed by atoms with Gasteiger partial charge in [-0.2, -0.15) is 0 Å². The van der Waals surface area contributed by atoms with Gasteiger partial charge in [0, 0.05) is 7.11 Å². The van der Waals surface area contributed by atoms with Gasteiger partial charge in [-0.1, -0.05) is 47.5 Å². The molecule has 0 bridgehead atoms. The van der Waals surface area contributed by atoms with E-state index in [1.165, 1.54) is 0 Å². The zero-order valence-electron chi connectivity index (χ0n) is 10.9.